The molecule has 0 saturated carbocycles. The van der Waals surface area contributed by atoms with Gasteiger partial charge < -0.3 is 9.84 Å². The van der Waals surface area contributed by atoms with E-state index < -0.39 is 0 Å². The van der Waals surface area contributed by atoms with Crippen LogP contribution < -0.4 is 4.74 Å². The molecule has 0 unspecified atom stereocenters. The summed E-state index contributed by atoms with van der Waals surface area (Å²) in [4.78, 5) is 0. The SMILES string of the molecule is COc1cc(/N=N/c2ccc3[nH]nnc3c2)c(O)c2ccccc12.[Ag]. The molecule has 0 aliphatic carbocycles. The molecule has 1 radical (unpaired) electrons. The second kappa shape index (κ2) is 7.02. The standard InChI is InChI=1S/C17H13N5O2.Ag/c1-24-16-9-15(17(23)12-5-3-2-4-11(12)16)19-18-10-6-7-13-14(8-10)21-22-20-13;/h2-9,23H,1H3,(H,20,21,22);/b19-18+;. The van der Waals surface area contributed by atoms with E-state index in [0.717, 1.165) is 10.9 Å². The molecule has 2 N–H and O–H groups in total. The Balaban J connectivity index is 0.00000182. The third kappa shape index (κ3) is 3.12. The third-order valence-corrected chi connectivity index (χ3v) is 3.76. The van der Waals surface area contributed by atoms with Crippen molar-refractivity contribution in [2.45, 2.75) is 0 Å². The Morgan fingerprint density at radius 1 is 1.04 bits per heavy atom. The van der Waals surface area contributed by atoms with E-state index in [9.17, 15) is 5.11 Å². The van der Waals surface area contributed by atoms with E-state index in [1.54, 1.807) is 25.3 Å². The van der Waals surface area contributed by atoms with Crippen LogP contribution in [0.15, 0.2) is 58.8 Å². The number of phenols is 1. The Morgan fingerprint density at radius 2 is 1.84 bits per heavy atom. The Kier molecular flexibility index (Phi) is 4.80. The molecule has 0 fully saturated rings. The minimum absolute atomic E-state index is 0. The van der Waals surface area contributed by atoms with Crippen molar-refractivity contribution in [1.29, 1.82) is 0 Å². The van der Waals surface area contributed by atoms with Gasteiger partial charge in [-0.25, -0.2) is 0 Å². The van der Waals surface area contributed by atoms with Gasteiger partial charge in [0, 0.05) is 39.2 Å². The van der Waals surface area contributed by atoms with Crippen molar-refractivity contribution in [2.75, 3.05) is 7.11 Å². The van der Waals surface area contributed by atoms with Gasteiger partial charge >= 0.3 is 0 Å². The molecule has 0 bridgehead atoms. The van der Waals surface area contributed by atoms with Crippen molar-refractivity contribution in [3.05, 3.63) is 48.5 Å². The maximum Gasteiger partial charge on any atom is 0.151 e. The average molecular weight is 427 g/mol. The van der Waals surface area contributed by atoms with Gasteiger partial charge in [-0.05, 0) is 18.2 Å². The number of methoxy groups -OCH3 is 1. The van der Waals surface area contributed by atoms with Crippen LogP contribution in [-0.2, 0) is 22.4 Å². The summed E-state index contributed by atoms with van der Waals surface area (Å²) in [6, 6.07) is 14.5. The second-order valence-electron chi connectivity index (χ2n) is 5.21. The molecule has 8 heteroatoms. The van der Waals surface area contributed by atoms with Gasteiger partial charge in [-0.15, -0.1) is 10.2 Å². The van der Waals surface area contributed by atoms with E-state index in [0.29, 0.717) is 28.0 Å². The first-order chi connectivity index (χ1) is 11.8. The molecule has 3 aromatic carbocycles. The predicted molar refractivity (Wildman–Crippen MR) is 90.2 cm³/mol. The zero-order valence-corrected chi connectivity index (χ0v) is 14.5. The van der Waals surface area contributed by atoms with Crippen LogP contribution in [0, 0.1) is 0 Å². The number of aromatic nitrogens is 3. The summed E-state index contributed by atoms with van der Waals surface area (Å²) in [5.41, 5.74) is 2.48. The Bertz CT molecular complexity index is 1080. The number of hydrogen-bond donors (Lipinski definition) is 2. The van der Waals surface area contributed by atoms with E-state index >= 15 is 0 Å². The van der Waals surface area contributed by atoms with Gasteiger partial charge in [-0.1, -0.05) is 29.5 Å². The Hall–Kier alpha value is -2.74. The quantitative estimate of drug-likeness (QED) is 0.378. The molecule has 1 aromatic heterocycles. The molecular weight excluding hydrogens is 414 g/mol. The van der Waals surface area contributed by atoms with Gasteiger partial charge in [0.1, 0.15) is 17.0 Å². The number of nitrogens with one attached hydrogen (secondary N) is 1. The molecule has 1 heterocycles. The number of nitrogens with zero attached hydrogens (tertiary/aromatic N) is 4. The van der Waals surface area contributed by atoms with Crippen LogP contribution in [0.5, 0.6) is 11.5 Å². The molecule has 0 amide bonds. The molecule has 25 heavy (non-hydrogen) atoms. The van der Waals surface area contributed by atoms with Crippen molar-refractivity contribution in [2.24, 2.45) is 10.2 Å². The molecule has 129 valence electrons. The van der Waals surface area contributed by atoms with E-state index in [1.807, 2.05) is 30.3 Å². The molecular formula is C17H13AgN5O2. The van der Waals surface area contributed by atoms with E-state index in [-0.39, 0.29) is 28.1 Å². The largest absolute Gasteiger partial charge is 0.505 e. The molecule has 0 saturated heterocycles. The summed E-state index contributed by atoms with van der Waals surface area (Å²) in [7, 11) is 1.58. The molecule has 4 rings (SSSR count). The number of aromatic hydroxyl groups is 1. The number of H-pyrrole nitrogens is 1. The van der Waals surface area contributed by atoms with Crippen LogP contribution in [0.3, 0.4) is 0 Å². The number of azo groups is 1. The normalized spacial score (nSPS) is 11.1. The summed E-state index contributed by atoms with van der Waals surface area (Å²) in [5, 5.41) is 30.7. The molecule has 0 atom stereocenters. The zero-order valence-electron chi connectivity index (χ0n) is 13.1. The number of hydrogen-bond acceptors (Lipinski definition) is 6. The first-order valence-corrected chi connectivity index (χ1v) is 7.27. The third-order valence-electron chi connectivity index (χ3n) is 3.76. The summed E-state index contributed by atoms with van der Waals surface area (Å²) >= 11 is 0. The number of benzene rings is 3. The molecule has 0 spiro atoms. The Labute approximate surface area is 158 Å². The van der Waals surface area contributed by atoms with Crippen LogP contribution >= 0.6 is 0 Å². The predicted octanol–water partition coefficient (Wildman–Crippen LogP) is 4.24. The summed E-state index contributed by atoms with van der Waals surface area (Å²) in [5.74, 6) is 0.696. The van der Waals surface area contributed by atoms with Crippen molar-refractivity contribution >= 4 is 33.2 Å². The summed E-state index contributed by atoms with van der Waals surface area (Å²) in [6.45, 7) is 0. The number of fused-ring (bicyclic) bond motifs is 2. The van der Waals surface area contributed by atoms with Gasteiger partial charge in [-0.2, -0.15) is 5.11 Å². The average Bonchev–Trinajstić information content (AvgIpc) is 3.09. The Morgan fingerprint density at radius 3 is 2.64 bits per heavy atom. The van der Waals surface area contributed by atoms with Crippen LogP contribution in [0.25, 0.3) is 21.8 Å². The smallest absolute Gasteiger partial charge is 0.151 e. The maximum atomic E-state index is 10.4. The number of aromatic amines is 1. The zero-order chi connectivity index (χ0) is 16.5. The first kappa shape index (κ1) is 17.1. The van der Waals surface area contributed by atoms with E-state index in [2.05, 4.69) is 25.6 Å². The second-order valence-corrected chi connectivity index (χ2v) is 5.21. The van der Waals surface area contributed by atoms with E-state index in [4.69, 9.17) is 4.74 Å². The van der Waals surface area contributed by atoms with Gasteiger partial charge in [0.2, 0.25) is 0 Å². The fraction of sp³-hybridized carbons (Fsp3) is 0.0588. The van der Waals surface area contributed by atoms with Crippen LogP contribution in [0.1, 0.15) is 0 Å². The molecule has 0 aliphatic heterocycles. The molecule has 7 nitrogen and oxygen atoms in total. The van der Waals surface area contributed by atoms with Gasteiger partial charge in [0.15, 0.2) is 5.75 Å². The monoisotopic (exact) mass is 426 g/mol. The topological polar surface area (TPSA) is 95.8 Å². The molecule has 0 aliphatic rings. The van der Waals surface area contributed by atoms with E-state index in [1.165, 1.54) is 0 Å². The van der Waals surface area contributed by atoms with Crippen molar-refractivity contribution < 1.29 is 32.2 Å². The number of ether oxygens (including phenoxy) is 1. The number of phenolic OH excluding ortho intramolecular Hbond substituents is 1. The number of rotatable bonds is 3. The van der Waals surface area contributed by atoms with Crippen LogP contribution in [0.2, 0.25) is 0 Å². The van der Waals surface area contributed by atoms with Crippen LogP contribution in [0.4, 0.5) is 11.4 Å². The van der Waals surface area contributed by atoms with Gasteiger partial charge in [0.05, 0.1) is 18.3 Å². The fourth-order valence-corrected chi connectivity index (χ4v) is 2.56. The van der Waals surface area contributed by atoms with Crippen molar-refractivity contribution in [1.82, 2.24) is 15.4 Å². The van der Waals surface area contributed by atoms with Gasteiger partial charge in [0.25, 0.3) is 0 Å². The van der Waals surface area contributed by atoms with Crippen molar-refractivity contribution in [3.8, 4) is 11.5 Å². The van der Waals surface area contributed by atoms with Crippen molar-refractivity contribution in [3.63, 3.8) is 0 Å². The van der Waals surface area contributed by atoms with Gasteiger partial charge in [-0.3, -0.25) is 5.10 Å². The summed E-state index contributed by atoms with van der Waals surface area (Å²) < 4.78 is 5.39. The first-order valence-electron chi connectivity index (χ1n) is 7.27. The minimum atomic E-state index is 0. The molecule has 4 aromatic rings. The minimum Gasteiger partial charge on any atom is -0.505 e. The fourth-order valence-electron chi connectivity index (χ4n) is 2.56. The van der Waals surface area contributed by atoms with Crippen LogP contribution in [-0.4, -0.2) is 27.6 Å². The maximum absolute atomic E-state index is 10.4. The summed E-state index contributed by atoms with van der Waals surface area (Å²) in [6.07, 6.45) is 0.